The van der Waals surface area contributed by atoms with Gasteiger partial charge in [0, 0.05) is 16.2 Å². The molecule has 1 amide bonds. The SMILES string of the molecule is Cc1ccc(Nc2ncnc(NNC(=O)c3ccc(Br)cc3)c2N)nc1. The molecule has 0 bridgehead atoms. The van der Waals surface area contributed by atoms with Gasteiger partial charge in [-0.3, -0.25) is 15.6 Å². The van der Waals surface area contributed by atoms with Gasteiger partial charge >= 0.3 is 0 Å². The van der Waals surface area contributed by atoms with Crippen LogP contribution in [-0.2, 0) is 0 Å². The molecule has 0 spiro atoms. The highest BCUT2D eigenvalue weighted by Gasteiger charge is 2.11. The number of nitrogens with zero attached hydrogens (tertiary/aromatic N) is 3. The van der Waals surface area contributed by atoms with Crippen LogP contribution in [0.2, 0.25) is 0 Å². The van der Waals surface area contributed by atoms with E-state index in [1.807, 2.05) is 19.1 Å². The molecule has 8 nitrogen and oxygen atoms in total. The number of anilines is 4. The fourth-order valence-corrected chi connectivity index (χ4v) is 2.31. The van der Waals surface area contributed by atoms with E-state index in [-0.39, 0.29) is 17.4 Å². The monoisotopic (exact) mass is 413 g/mol. The van der Waals surface area contributed by atoms with Gasteiger partial charge in [0.15, 0.2) is 11.6 Å². The van der Waals surface area contributed by atoms with Crippen LogP contribution < -0.4 is 21.9 Å². The summed E-state index contributed by atoms with van der Waals surface area (Å²) >= 11 is 3.33. The highest BCUT2D eigenvalue weighted by atomic mass is 79.9. The number of pyridine rings is 1. The van der Waals surface area contributed by atoms with Gasteiger partial charge in [-0.15, -0.1) is 0 Å². The molecule has 0 unspecified atom stereocenters. The van der Waals surface area contributed by atoms with Crippen LogP contribution in [0.25, 0.3) is 0 Å². The average molecular weight is 414 g/mol. The Morgan fingerprint density at radius 1 is 1.04 bits per heavy atom. The average Bonchev–Trinajstić information content (AvgIpc) is 2.64. The summed E-state index contributed by atoms with van der Waals surface area (Å²) in [5.74, 6) is 0.952. The van der Waals surface area contributed by atoms with E-state index in [0.29, 0.717) is 17.2 Å². The predicted molar refractivity (Wildman–Crippen MR) is 104 cm³/mol. The Hall–Kier alpha value is -3.20. The van der Waals surface area contributed by atoms with Crippen molar-refractivity contribution >= 4 is 45.0 Å². The zero-order valence-corrected chi connectivity index (χ0v) is 15.4. The van der Waals surface area contributed by atoms with Gasteiger partial charge in [0.25, 0.3) is 5.91 Å². The number of nitrogens with one attached hydrogen (secondary N) is 3. The van der Waals surface area contributed by atoms with E-state index < -0.39 is 0 Å². The molecule has 2 aromatic heterocycles. The lowest BCUT2D eigenvalue weighted by Crippen LogP contribution is -2.30. The van der Waals surface area contributed by atoms with Crippen molar-refractivity contribution in [3.63, 3.8) is 0 Å². The third-order valence-corrected chi connectivity index (χ3v) is 3.97. The van der Waals surface area contributed by atoms with Crippen LogP contribution in [0, 0.1) is 6.92 Å². The van der Waals surface area contributed by atoms with Gasteiger partial charge in [0.2, 0.25) is 0 Å². The lowest BCUT2D eigenvalue weighted by molar-refractivity contribution is 0.0962. The van der Waals surface area contributed by atoms with Crippen molar-refractivity contribution in [1.82, 2.24) is 20.4 Å². The molecule has 3 rings (SSSR count). The third kappa shape index (κ3) is 4.25. The van der Waals surface area contributed by atoms with E-state index in [9.17, 15) is 4.79 Å². The van der Waals surface area contributed by atoms with Crippen LogP contribution in [0.5, 0.6) is 0 Å². The first-order valence-electron chi connectivity index (χ1n) is 7.65. The van der Waals surface area contributed by atoms with Crippen LogP contribution in [0.4, 0.5) is 23.1 Å². The summed E-state index contributed by atoms with van der Waals surface area (Å²) < 4.78 is 0.891. The quantitative estimate of drug-likeness (QED) is 0.474. The molecule has 0 saturated heterocycles. The van der Waals surface area contributed by atoms with Crippen LogP contribution in [0.15, 0.2) is 53.4 Å². The zero-order valence-electron chi connectivity index (χ0n) is 13.8. The zero-order chi connectivity index (χ0) is 18.5. The van der Waals surface area contributed by atoms with E-state index in [1.54, 1.807) is 30.5 Å². The van der Waals surface area contributed by atoms with E-state index in [2.05, 4.69) is 47.1 Å². The number of hydrogen-bond acceptors (Lipinski definition) is 7. The largest absolute Gasteiger partial charge is 0.393 e. The number of carbonyl (C=O) groups is 1. The van der Waals surface area contributed by atoms with E-state index in [1.165, 1.54) is 6.33 Å². The molecule has 0 radical (unpaired) electrons. The highest BCUT2D eigenvalue weighted by molar-refractivity contribution is 9.10. The summed E-state index contributed by atoms with van der Waals surface area (Å²) in [4.78, 5) is 24.5. The summed E-state index contributed by atoms with van der Waals surface area (Å²) in [7, 11) is 0. The number of rotatable bonds is 5. The van der Waals surface area contributed by atoms with Gasteiger partial charge in [0.05, 0.1) is 0 Å². The van der Waals surface area contributed by atoms with E-state index >= 15 is 0 Å². The third-order valence-electron chi connectivity index (χ3n) is 3.44. The van der Waals surface area contributed by atoms with Gasteiger partial charge in [-0.25, -0.2) is 15.0 Å². The minimum absolute atomic E-state index is 0.256. The standard InChI is InChI=1S/C17H16BrN7O/c1-10-2-7-13(20-8-10)23-15-14(19)16(22-9-21-15)24-25-17(26)11-3-5-12(18)6-4-11/h2-9H,19H2,1H3,(H,25,26)(H2,20,21,22,23,24). The molecule has 0 saturated carbocycles. The van der Waals surface area contributed by atoms with Crippen molar-refractivity contribution in [1.29, 1.82) is 0 Å². The topological polar surface area (TPSA) is 118 Å². The number of hydrazine groups is 1. The maximum absolute atomic E-state index is 12.1. The Labute approximate surface area is 158 Å². The summed E-state index contributed by atoms with van der Waals surface area (Å²) in [6.07, 6.45) is 3.07. The second-order valence-electron chi connectivity index (χ2n) is 5.42. The molecule has 5 N–H and O–H groups in total. The van der Waals surface area contributed by atoms with E-state index in [4.69, 9.17) is 5.73 Å². The number of aryl methyl sites for hydroxylation is 1. The first-order valence-corrected chi connectivity index (χ1v) is 8.44. The predicted octanol–water partition coefficient (Wildman–Crippen LogP) is 3.03. The second-order valence-corrected chi connectivity index (χ2v) is 6.33. The maximum atomic E-state index is 12.1. The van der Waals surface area contributed by atoms with E-state index in [0.717, 1.165) is 10.0 Å². The number of aromatic nitrogens is 3. The van der Waals surface area contributed by atoms with Crippen LogP contribution in [0.1, 0.15) is 15.9 Å². The van der Waals surface area contributed by atoms with Crippen molar-refractivity contribution in [3.05, 3.63) is 64.5 Å². The molecule has 0 fully saturated rings. The molecule has 2 heterocycles. The number of carbonyl (C=O) groups excluding carboxylic acids is 1. The Morgan fingerprint density at radius 2 is 1.77 bits per heavy atom. The molecular weight excluding hydrogens is 398 g/mol. The van der Waals surface area contributed by atoms with Crippen LogP contribution in [0.3, 0.4) is 0 Å². The lowest BCUT2D eigenvalue weighted by atomic mass is 10.2. The van der Waals surface area contributed by atoms with Gasteiger partial charge in [0.1, 0.15) is 17.8 Å². The summed E-state index contributed by atoms with van der Waals surface area (Å²) in [6, 6.07) is 10.7. The minimum Gasteiger partial charge on any atom is -0.393 e. The van der Waals surface area contributed by atoms with Crippen LogP contribution in [-0.4, -0.2) is 20.9 Å². The molecule has 3 aromatic rings. The fraction of sp³-hybridized carbons (Fsp3) is 0.0588. The Kier molecular flexibility index (Phi) is 5.28. The first kappa shape index (κ1) is 17.6. The van der Waals surface area contributed by atoms with Gasteiger partial charge in [-0.2, -0.15) is 0 Å². The molecular formula is C17H16BrN7O. The molecule has 0 aliphatic rings. The fourth-order valence-electron chi connectivity index (χ4n) is 2.05. The molecule has 0 atom stereocenters. The highest BCUT2D eigenvalue weighted by Crippen LogP contribution is 2.24. The van der Waals surface area contributed by atoms with Crippen molar-refractivity contribution < 1.29 is 4.79 Å². The lowest BCUT2D eigenvalue weighted by Gasteiger charge is -2.13. The Morgan fingerprint density at radius 3 is 2.46 bits per heavy atom. The first-order chi connectivity index (χ1) is 12.5. The number of nitrogen functional groups attached to an aromatic ring is 1. The minimum atomic E-state index is -0.315. The smallest absolute Gasteiger partial charge is 0.269 e. The number of nitrogens with two attached hydrogens (primary N) is 1. The number of hydrogen-bond donors (Lipinski definition) is 4. The number of amides is 1. The molecule has 0 aliphatic carbocycles. The maximum Gasteiger partial charge on any atom is 0.269 e. The van der Waals surface area contributed by atoms with Gasteiger partial charge in [-0.1, -0.05) is 22.0 Å². The molecule has 1 aromatic carbocycles. The summed E-state index contributed by atoms with van der Waals surface area (Å²) in [6.45, 7) is 1.95. The summed E-state index contributed by atoms with van der Waals surface area (Å²) in [5.41, 5.74) is 13.1. The second kappa shape index (κ2) is 7.79. The Balaban J connectivity index is 1.69. The van der Waals surface area contributed by atoms with Gasteiger partial charge in [-0.05, 0) is 42.8 Å². The van der Waals surface area contributed by atoms with Crippen molar-refractivity contribution in [2.75, 3.05) is 16.5 Å². The molecule has 132 valence electrons. The van der Waals surface area contributed by atoms with Gasteiger partial charge < -0.3 is 11.1 Å². The number of halogens is 1. The molecule has 0 aliphatic heterocycles. The van der Waals surface area contributed by atoms with Crippen molar-refractivity contribution in [2.24, 2.45) is 0 Å². The van der Waals surface area contributed by atoms with Crippen molar-refractivity contribution in [3.8, 4) is 0 Å². The normalized spacial score (nSPS) is 10.2. The Bertz CT molecular complexity index is 913. The van der Waals surface area contributed by atoms with Crippen LogP contribution >= 0.6 is 15.9 Å². The molecule has 26 heavy (non-hydrogen) atoms. The van der Waals surface area contributed by atoms with Crippen molar-refractivity contribution in [2.45, 2.75) is 6.92 Å². The summed E-state index contributed by atoms with van der Waals surface area (Å²) in [5, 5.41) is 3.02. The molecule has 9 heteroatoms. The number of benzene rings is 1.